The second-order valence-electron chi connectivity index (χ2n) is 4.48. The zero-order chi connectivity index (χ0) is 15.3. The standard InChI is InChI=1S/C13H18FNO4S/c1-3-9(4-2)8-15-20(18,19)12-6-5-10(13(16)17)7-11(12)14/h5-7,9,15H,3-4,8H2,1-2H3,(H,16,17). The Morgan fingerprint density at radius 2 is 1.95 bits per heavy atom. The summed E-state index contributed by atoms with van der Waals surface area (Å²) >= 11 is 0. The molecule has 0 saturated heterocycles. The van der Waals surface area contributed by atoms with Crippen molar-refractivity contribution in [2.24, 2.45) is 5.92 Å². The molecule has 5 nitrogen and oxygen atoms in total. The highest BCUT2D eigenvalue weighted by Crippen LogP contribution is 2.17. The normalized spacial score (nSPS) is 11.8. The van der Waals surface area contributed by atoms with E-state index in [0.717, 1.165) is 25.0 Å². The Morgan fingerprint density at radius 3 is 2.40 bits per heavy atom. The molecule has 0 aliphatic carbocycles. The van der Waals surface area contributed by atoms with E-state index in [1.54, 1.807) is 0 Å². The fourth-order valence-electron chi connectivity index (χ4n) is 1.73. The second-order valence-corrected chi connectivity index (χ2v) is 6.22. The van der Waals surface area contributed by atoms with Gasteiger partial charge in [-0.15, -0.1) is 0 Å². The maximum atomic E-state index is 13.7. The minimum absolute atomic E-state index is 0.186. The van der Waals surface area contributed by atoms with Crippen molar-refractivity contribution in [3.8, 4) is 0 Å². The summed E-state index contributed by atoms with van der Waals surface area (Å²) in [4.78, 5) is 10.1. The Labute approximate surface area is 117 Å². The van der Waals surface area contributed by atoms with Crippen LogP contribution in [0.4, 0.5) is 4.39 Å². The van der Waals surface area contributed by atoms with Crippen molar-refractivity contribution in [3.63, 3.8) is 0 Å². The van der Waals surface area contributed by atoms with Crippen molar-refractivity contribution in [2.75, 3.05) is 6.54 Å². The number of benzene rings is 1. The van der Waals surface area contributed by atoms with Gasteiger partial charge in [-0.2, -0.15) is 0 Å². The van der Waals surface area contributed by atoms with Crippen molar-refractivity contribution >= 4 is 16.0 Å². The molecule has 1 rings (SSSR count). The molecular weight excluding hydrogens is 285 g/mol. The molecule has 0 saturated carbocycles. The predicted octanol–water partition coefficient (Wildman–Crippen LogP) is 2.24. The van der Waals surface area contributed by atoms with E-state index in [-0.39, 0.29) is 18.0 Å². The largest absolute Gasteiger partial charge is 0.478 e. The fourth-order valence-corrected chi connectivity index (χ4v) is 2.91. The molecule has 0 bridgehead atoms. The number of rotatable bonds is 7. The monoisotopic (exact) mass is 303 g/mol. The first-order chi connectivity index (χ1) is 9.31. The Bertz CT molecular complexity index is 582. The Hall–Kier alpha value is -1.47. The molecule has 112 valence electrons. The maximum Gasteiger partial charge on any atom is 0.335 e. The molecule has 0 aliphatic heterocycles. The van der Waals surface area contributed by atoms with Gasteiger partial charge in [0.05, 0.1) is 5.56 Å². The number of carboxylic acids is 1. The highest BCUT2D eigenvalue weighted by Gasteiger charge is 2.21. The average Bonchev–Trinajstić information content (AvgIpc) is 2.39. The van der Waals surface area contributed by atoms with Crippen LogP contribution < -0.4 is 4.72 Å². The zero-order valence-electron chi connectivity index (χ0n) is 11.4. The number of sulfonamides is 1. The van der Waals surface area contributed by atoms with E-state index in [9.17, 15) is 17.6 Å². The van der Waals surface area contributed by atoms with Gasteiger partial charge in [-0.1, -0.05) is 26.7 Å². The third-order valence-corrected chi connectivity index (χ3v) is 4.64. The maximum absolute atomic E-state index is 13.7. The zero-order valence-corrected chi connectivity index (χ0v) is 12.2. The first-order valence-electron chi connectivity index (χ1n) is 6.34. The number of aromatic carboxylic acids is 1. The summed E-state index contributed by atoms with van der Waals surface area (Å²) in [5.41, 5.74) is -0.290. The van der Waals surface area contributed by atoms with Crippen molar-refractivity contribution < 1.29 is 22.7 Å². The molecule has 0 aromatic heterocycles. The van der Waals surface area contributed by atoms with Gasteiger partial charge >= 0.3 is 5.97 Å². The molecule has 0 unspecified atom stereocenters. The van der Waals surface area contributed by atoms with Crippen LogP contribution in [0.5, 0.6) is 0 Å². The van der Waals surface area contributed by atoms with Crippen LogP contribution in [0.25, 0.3) is 0 Å². The number of carboxylic acid groups (broad SMARTS) is 1. The first-order valence-corrected chi connectivity index (χ1v) is 7.82. The highest BCUT2D eigenvalue weighted by atomic mass is 32.2. The average molecular weight is 303 g/mol. The molecule has 0 spiro atoms. The van der Waals surface area contributed by atoms with Gasteiger partial charge in [0, 0.05) is 6.54 Å². The van der Waals surface area contributed by atoms with Crippen LogP contribution in [-0.2, 0) is 10.0 Å². The summed E-state index contributed by atoms with van der Waals surface area (Å²) in [6, 6.07) is 2.74. The highest BCUT2D eigenvalue weighted by molar-refractivity contribution is 7.89. The van der Waals surface area contributed by atoms with Gasteiger partial charge in [0.2, 0.25) is 10.0 Å². The van der Waals surface area contributed by atoms with Gasteiger partial charge in [-0.05, 0) is 24.1 Å². The molecular formula is C13H18FNO4S. The summed E-state index contributed by atoms with van der Waals surface area (Å²) in [6.45, 7) is 4.13. The number of hydrogen-bond donors (Lipinski definition) is 2. The van der Waals surface area contributed by atoms with Gasteiger partial charge in [0.1, 0.15) is 10.7 Å². The molecule has 2 N–H and O–H groups in total. The minimum Gasteiger partial charge on any atom is -0.478 e. The number of nitrogens with one attached hydrogen (secondary N) is 1. The number of hydrogen-bond acceptors (Lipinski definition) is 3. The number of halogens is 1. The summed E-state index contributed by atoms with van der Waals surface area (Å²) in [6.07, 6.45) is 1.64. The van der Waals surface area contributed by atoms with E-state index in [1.807, 2.05) is 13.8 Å². The Balaban J connectivity index is 2.95. The van der Waals surface area contributed by atoms with Crippen LogP contribution in [0.1, 0.15) is 37.0 Å². The van der Waals surface area contributed by atoms with Crippen LogP contribution in [0.2, 0.25) is 0 Å². The van der Waals surface area contributed by atoms with Crippen LogP contribution in [0.15, 0.2) is 23.1 Å². The summed E-state index contributed by atoms with van der Waals surface area (Å²) in [5.74, 6) is -2.19. The van der Waals surface area contributed by atoms with E-state index in [1.165, 1.54) is 0 Å². The molecule has 0 atom stereocenters. The second kappa shape index (κ2) is 6.81. The predicted molar refractivity (Wildman–Crippen MR) is 72.6 cm³/mol. The van der Waals surface area contributed by atoms with E-state index in [0.29, 0.717) is 6.07 Å². The van der Waals surface area contributed by atoms with Gasteiger partial charge < -0.3 is 5.11 Å². The van der Waals surface area contributed by atoms with Crippen LogP contribution in [-0.4, -0.2) is 26.0 Å². The molecule has 0 fully saturated rings. The van der Waals surface area contributed by atoms with Gasteiger partial charge in [0.25, 0.3) is 0 Å². The lowest BCUT2D eigenvalue weighted by Gasteiger charge is -2.14. The third-order valence-electron chi connectivity index (χ3n) is 3.19. The van der Waals surface area contributed by atoms with Gasteiger partial charge in [0.15, 0.2) is 0 Å². The minimum atomic E-state index is -3.97. The van der Waals surface area contributed by atoms with Gasteiger partial charge in [-0.25, -0.2) is 22.3 Å². The summed E-state index contributed by atoms with van der Waals surface area (Å²) < 4.78 is 40.0. The molecule has 0 aliphatic rings. The van der Waals surface area contributed by atoms with Crippen LogP contribution >= 0.6 is 0 Å². The van der Waals surface area contributed by atoms with Crippen LogP contribution in [0, 0.1) is 11.7 Å². The molecule has 7 heteroatoms. The smallest absolute Gasteiger partial charge is 0.335 e. The number of carbonyl (C=O) groups is 1. The van der Waals surface area contributed by atoms with E-state index < -0.39 is 26.7 Å². The first kappa shape index (κ1) is 16.6. The van der Waals surface area contributed by atoms with Gasteiger partial charge in [-0.3, -0.25) is 0 Å². The molecule has 20 heavy (non-hydrogen) atoms. The summed E-state index contributed by atoms with van der Waals surface area (Å²) in [7, 11) is -3.97. The SMILES string of the molecule is CCC(CC)CNS(=O)(=O)c1ccc(C(=O)O)cc1F. The van der Waals surface area contributed by atoms with Crippen molar-refractivity contribution in [3.05, 3.63) is 29.6 Å². The lowest BCUT2D eigenvalue weighted by atomic mass is 10.0. The molecule has 1 aromatic carbocycles. The molecule has 0 heterocycles. The van der Waals surface area contributed by atoms with Crippen molar-refractivity contribution in [1.29, 1.82) is 0 Å². The summed E-state index contributed by atoms with van der Waals surface area (Å²) in [5, 5.41) is 8.71. The lowest BCUT2D eigenvalue weighted by Crippen LogP contribution is -2.29. The molecule has 1 aromatic rings. The Kier molecular flexibility index (Phi) is 5.64. The third kappa shape index (κ3) is 4.01. The molecule has 0 radical (unpaired) electrons. The van der Waals surface area contributed by atoms with E-state index in [2.05, 4.69) is 4.72 Å². The van der Waals surface area contributed by atoms with Crippen LogP contribution in [0.3, 0.4) is 0 Å². The Morgan fingerprint density at radius 1 is 1.35 bits per heavy atom. The fraction of sp³-hybridized carbons (Fsp3) is 0.462. The van der Waals surface area contributed by atoms with E-state index in [4.69, 9.17) is 5.11 Å². The quantitative estimate of drug-likeness (QED) is 0.809. The van der Waals surface area contributed by atoms with Crippen molar-refractivity contribution in [1.82, 2.24) is 4.72 Å². The van der Waals surface area contributed by atoms with E-state index >= 15 is 0 Å². The topological polar surface area (TPSA) is 83.5 Å². The molecule has 0 amide bonds. The van der Waals surface area contributed by atoms with Crippen molar-refractivity contribution in [2.45, 2.75) is 31.6 Å². The lowest BCUT2D eigenvalue weighted by molar-refractivity contribution is 0.0696.